The van der Waals surface area contributed by atoms with Crippen molar-refractivity contribution >= 4 is 0 Å². The first kappa shape index (κ1) is 16.4. The molecule has 21 heavy (non-hydrogen) atoms. The Morgan fingerprint density at radius 2 is 1.95 bits per heavy atom. The monoisotopic (exact) mass is 293 g/mol. The SMILES string of the molecule is CCNC1c2ccccc2CCC1OCCOCCOC. The average molecular weight is 293 g/mol. The number of likely N-dealkylation sites (N-methyl/N-ethyl adjacent to an activating group) is 1. The number of benzene rings is 1. The quantitative estimate of drug-likeness (QED) is 0.709. The standard InChI is InChI=1S/C17H27NO3/c1-3-18-17-15-7-5-4-6-14(15)8-9-16(17)21-13-12-20-11-10-19-2/h4-7,16-18H,3,8-13H2,1-2H3. The van der Waals surface area contributed by atoms with Crippen LogP contribution in [0.25, 0.3) is 0 Å². The predicted molar refractivity (Wildman–Crippen MR) is 83.6 cm³/mol. The first-order chi connectivity index (χ1) is 10.4. The average Bonchev–Trinajstić information content (AvgIpc) is 2.52. The number of ether oxygens (including phenoxy) is 3. The van der Waals surface area contributed by atoms with Crippen LogP contribution in [0.1, 0.15) is 30.5 Å². The van der Waals surface area contributed by atoms with E-state index < -0.39 is 0 Å². The highest BCUT2D eigenvalue weighted by molar-refractivity contribution is 5.33. The van der Waals surface area contributed by atoms with Gasteiger partial charge in [0.05, 0.1) is 38.6 Å². The zero-order valence-electron chi connectivity index (χ0n) is 13.1. The lowest BCUT2D eigenvalue weighted by atomic mass is 9.85. The molecule has 1 aromatic rings. The summed E-state index contributed by atoms with van der Waals surface area (Å²) in [7, 11) is 1.68. The molecule has 0 saturated heterocycles. The van der Waals surface area contributed by atoms with Crippen molar-refractivity contribution in [3.63, 3.8) is 0 Å². The molecule has 1 aliphatic carbocycles. The molecule has 0 amide bonds. The molecule has 2 unspecified atom stereocenters. The minimum Gasteiger partial charge on any atom is -0.382 e. The fraction of sp³-hybridized carbons (Fsp3) is 0.647. The van der Waals surface area contributed by atoms with Crippen molar-refractivity contribution in [1.82, 2.24) is 5.32 Å². The molecule has 0 aliphatic heterocycles. The first-order valence-electron chi connectivity index (χ1n) is 7.86. The van der Waals surface area contributed by atoms with E-state index in [9.17, 15) is 0 Å². The smallest absolute Gasteiger partial charge is 0.0774 e. The molecule has 0 aromatic heterocycles. The molecule has 0 bridgehead atoms. The van der Waals surface area contributed by atoms with Crippen LogP contribution in [0.3, 0.4) is 0 Å². The summed E-state index contributed by atoms with van der Waals surface area (Å²) < 4.78 is 16.5. The van der Waals surface area contributed by atoms with Crippen LogP contribution in [-0.4, -0.2) is 46.2 Å². The molecular formula is C17H27NO3. The van der Waals surface area contributed by atoms with Gasteiger partial charge in [-0.3, -0.25) is 0 Å². The van der Waals surface area contributed by atoms with E-state index in [-0.39, 0.29) is 6.10 Å². The molecule has 0 spiro atoms. The Morgan fingerprint density at radius 3 is 2.76 bits per heavy atom. The second kappa shape index (κ2) is 9.15. The zero-order valence-corrected chi connectivity index (χ0v) is 13.1. The van der Waals surface area contributed by atoms with Crippen LogP contribution in [0.5, 0.6) is 0 Å². The molecule has 118 valence electrons. The van der Waals surface area contributed by atoms with Crippen molar-refractivity contribution in [3.8, 4) is 0 Å². The van der Waals surface area contributed by atoms with Crippen molar-refractivity contribution in [2.75, 3.05) is 40.1 Å². The summed E-state index contributed by atoms with van der Waals surface area (Å²) >= 11 is 0. The number of hydrogen-bond acceptors (Lipinski definition) is 4. The molecule has 2 atom stereocenters. The second-order valence-electron chi connectivity index (χ2n) is 5.29. The van der Waals surface area contributed by atoms with Crippen molar-refractivity contribution in [2.24, 2.45) is 0 Å². The van der Waals surface area contributed by atoms with Gasteiger partial charge in [-0.1, -0.05) is 31.2 Å². The van der Waals surface area contributed by atoms with Crippen LogP contribution in [0.15, 0.2) is 24.3 Å². The molecular weight excluding hydrogens is 266 g/mol. The molecule has 0 fully saturated rings. The lowest BCUT2D eigenvalue weighted by Gasteiger charge is -2.34. The molecule has 0 heterocycles. The van der Waals surface area contributed by atoms with E-state index in [1.54, 1.807) is 7.11 Å². The maximum Gasteiger partial charge on any atom is 0.0774 e. The molecule has 4 nitrogen and oxygen atoms in total. The minimum atomic E-state index is 0.228. The fourth-order valence-corrected chi connectivity index (χ4v) is 2.87. The van der Waals surface area contributed by atoms with E-state index in [0.29, 0.717) is 32.5 Å². The van der Waals surface area contributed by atoms with Gasteiger partial charge >= 0.3 is 0 Å². The topological polar surface area (TPSA) is 39.7 Å². The normalized spacial score (nSPS) is 21.2. The van der Waals surface area contributed by atoms with Crippen LogP contribution in [0, 0.1) is 0 Å². The minimum absolute atomic E-state index is 0.228. The van der Waals surface area contributed by atoms with Crippen molar-refractivity contribution in [2.45, 2.75) is 31.9 Å². The summed E-state index contributed by atoms with van der Waals surface area (Å²) in [6, 6.07) is 8.96. The van der Waals surface area contributed by atoms with E-state index >= 15 is 0 Å². The maximum atomic E-state index is 6.06. The summed E-state index contributed by atoms with van der Waals surface area (Å²) in [6.45, 7) is 5.62. The summed E-state index contributed by atoms with van der Waals surface area (Å²) in [5, 5.41) is 3.57. The number of methoxy groups -OCH3 is 1. The van der Waals surface area contributed by atoms with Gasteiger partial charge in [0.15, 0.2) is 0 Å². The molecule has 4 heteroatoms. The Kier molecular flexibility index (Phi) is 7.16. The number of fused-ring (bicyclic) bond motifs is 1. The van der Waals surface area contributed by atoms with Gasteiger partial charge in [0.25, 0.3) is 0 Å². The zero-order chi connectivity index (χ0) is 14.9. The van der Waals surface area contributed by atoms with Crippen LogP contribution in [0.4, 0.5) is 0 Å². The van der Waals surface area contributed by atoms with E-state index in [1.165, 1.54) is 11.1 Å². The third kappa shape index (κ3) is 4.78. The van der Waals surface area contributed by atoms with Gasteiger partial charge in [0.2, 0.25) is 0 Å². The molecule has 2 rings (SSSR count). The molecule has 0 radical (unpaired) electrons. The lowest BCUT2D eigenvalue weighted by molar-refractivity contribution is -0.0255. The van der Waals surface area contributed by atoms with E-state index in [0.717, 1.165) is 19.4 Å². The summed E-state index contributed by atoms with van der Waals surface area (Å²) in [4.78, 5) is 0. The first-order valence-corrected chi connectivity index (χ1v) is 7.86. The lowest BCUT2D eigenvalue weighted by Crippen LogP contribution is -2.38. The fourth-order valence-electron chi connectivity index (χ4n) is 2.87. The summed E-state index contributed by atoms with van der Waals surface area (Å²) in [5.41, 5.74) is 2.83. The summed E-state index contributed by atoms with van der Waals surface area (Å²) in [5.74, 6) is 0. The van der Waals surface area contributed by atoms with E-state index in [1.807, 2.05) is 0 Å². The van der Waals surface area contributed by atoms with Crippen LogP contribution < -0.4 is 5.32 Å². The van der Waals surface area contributed by atoms with Crippen LogP contribution in [-0.2, 0) is 20.6 Å². The molecule has 0 saturated carbocycles. The van der Waals surface area contributed by atoms with Gasteiger partial charge < -0.3 is 19.5 Å². The number of aryl methyl sites for hydroxylation is 1. The summed E-state index contributed by atoms with van der Waals surface area (Å²) in [6.07, 6.45) is 2.38. The van der Waals surface area contributed by atoms with Crippen LogP contribution in [0.2, 0.25) is 0 Å². The van der Waals surface area contributed by atoms with Gasteiger partial charge in [-0.25, -0.2) is 0 Å². The Bertz CT molecular complexity index is 411. The van der Waals surface area contributed by atoms with Gasteiger partial charge in [-0.2, -0.15) is 0 Å². The van der Waals surface area contributed by atoms with E-state index in [2.05, 4.69) is 36.5 Å². The van der Waals surface area contributed by atoms with Gasteiger partial charge in [-0.05, 0) is 30.5 Å². The Balaban J connectivity index is 1.85. The van der Waals surface area contributed by atoms with Gasteiger partial charge in [-0.15, -0.1) is 0 Å². The molecule has 1 N–H and O–H groups in total. The third-order valence-electron chi connectivity index (χ3n) is 3.88. The number of nitrogens with one attached hydrogen (secondary N) is 1. The van der Waals surface area contributed by atoms with Crippen LogP contribution >= 0.6 is 0 Å². The third-order valence-corrected chi connectivity index (χ3v) is 3.88. The second-order valence-corrected chi connectivity index (χ2v) is 5.29. The number of hydrogen-bond donors (Lipinski definition) is 1. The Morgan fingerprint density at radius 1 is 1.14 bits per heavy atom. The van der Waals surface area contributed by atoms with Crippen molar-refractivity contribution in [3.05, 3.63) is 35.4 Å². The van der Waals surface area contributed by atoms with Gasteiger partial charge in [0.1, 0.15) is 0 Å². The van der Waals surface area contributed by atoms with Crippen molar-refractivity contribution < 1.29 is 14.2 Å². The molecule has 1 aliphatic rings. The van der Waals surface area contributed by atoms with Crippen molar-refractivity contribution in [1.29, 1.82) is 0 Å². The van der Waals surface area contributed by atoms with E-state index in [4.69, 9.17) is 14.2 Å². The highest BCUT2D eigenvalue weighted by atomic mass is 16.5. The largest absolute Gasteiger partial charge is 0.382 e. The highest BCUT2D eigenvalue weighted by Gasteiger charge is 2.29. The van der Waals surface area contributed by atoms with Gasteiger partial charge in [0, 0.05) is 7.11 Å². The number of rotatable bonds is 9. The highest BCUT2D eigenvalue weighted by Crippen LogP contribution is 2.31. The maximum absolute atomic E-state index is 6.06. The molecule has 1 aromatic carbocycles. The Labute approximate surface area is 127 Å². The predicted octanol–water partition coefficient (Wildman–Crippen LogP) is 2.33. The Hall–Kier alpha value is -0.940.